The summed E-state index contributed by atoms with van der Waals surface area (Å²) in [7, 11) is 0. The lowest BCUT2D eigenvalue weighted by molar-refractivity contribution is -0.116. The molecule has 0 saturated heterocycles. The molecule has 42 heavy (non-hydrogen) atoms. The fraction of sp³-hybridized carbons (Fsp3) is 0.412. The zero-order valence-corrected chi connectivity index (χ0v) is 26.1. The molecular formula is C34H41ClN4O3. The number of carbonyl (C=O) groups excluding carboxylic acids is 2. The molecule has 0 aliphatic carbocycles. The van der Waals surface area contributed by atoms with Gasteiger partial charge in [-0.2, -0.15) is 0 Å². The van der Waals surface area contributed by atoms with Crippen LogP contribution in [0.4, 0.5) is 5.69 Å². The highest BCUT2D eigenvalue weighted by atomic mass is 35.5. The number of esters is 1. The van der Waals surface area contributed by atoms with E-state index in [9.17, 15) is 9.59 Å². The fourth-order valence-corrected chi connectivity index (χ4v) is 5.01. The summed E-state index contributed by atoms with van der Waals surface area (Å²) in [4.78, 5) is 35.1. The molecule has 4 aromatic rings. The number of carbonyl (C=O) groups is 2. The van der Waals surface area contributed by atoms with Crippen molar-refractivity contribution in [2.75, 3.05) is 11.2 Å². The van der Waals surface area contributed by atoms with Crippen LogP contribution in [0.15, 0.2) is 54.6 Å². The fourth-order valence-electron chi connectivity index (χ4n) is 4.82. The van der Waals surface area contributed by atoms with Crippen LogP contribution in [-0.4, -0.2) is 37.9 Å². The van der Waals surface area contributed by atoms with Crippen molar-refractivity contribution >= 4 is 40.3 Å². The highest BCUT2D eigenvalue weighted by molar-refractivity contribution is 6.17. The molecule has 1 N–H and O–H groups in total. The van der Waals surface area contributed by atoms with Gasteiger partial charge in [-0.25, -0.2) is 14.8 Å². The maximum atomic E-state index is 12.9. The Morgan fingerprint density at radius 3 is 2.43 bits per heavy atom. The number of aryl methyl sites for hydroxylation is 2. The highest BCUT2D eigenvalue weighted by Crippen LogP contribution is 2.28. The molecule has 0 radical (unpaired) electrons. The molecule has 8 heteroatoms. The molecule has 2 aromatic heterocycles. The highest BCUT2D eigenvalue weighted by Gasteiger charge is 2.21. The number of benzene rings is 2. The molecule has 2 heterocycles. The van der Waals surface area contributed by atoms with Crippen molar-refractivity contribution in [3.8, 4) is 11.1 Å². The lowest BCUT2D eigenvalue weighted by Gasteiger charge is -2.20. The number of ether oxygens (including phenoxy) is 1. The molecule has 2 aromatic carbocycles. The van der Waals surface area contributed by atoms with E-state index < -0.39 is 5.60 Å². The number of aromatic nitrogens is 3. The van der Waals surface area contributed by atoms with Gasteiger partial charge in [0.15, 0.2) is 5.65 Å². The van der Waals surface area contributed by atoms with Crippen LogP contribution in [0.25, 0.3) is 22.3 Å². The average Bonchev–Trinajstić information content (AvgIpc) is 3.27. The van der Waals surface area contributed by atoms with E-state index in [1.165, 1.54) is 0 Å². The third-order valence-electron chi connectivity index (χ3n) is 6.98. The van der Waals surface area contributed by atoms with Gasteiger partial charge in [0.1, 0.15) is 11.4 Å². The molecule has 0 aliphatic rings. The van der Waals surface area contributed by atoms with Crippen LogP contribution in [-0.2, 0) is 22.5 Å². The Balaban J connectivity index is 1.63. The summed E-state index contributed by atoms with van der Waals surface area (Å²) < 4.78 is 7.84. The Labute approximate surface area is 253 Å². The van der Waals surface area contributed by atoms with Crippen LogP contribution in [0.1, 0.15) is 87.2 Å². The van der Waals surface area contributed by atoms with Crippen molar-refractivity contribution in [1.82, 2.24) is 14.5 Å². The maximum Gasteiger partial charge on any atom is 0.339 e. The van der Waals surface area contributed by atoms with E-state index >= 15 is 0 Å². The number of unbranched alkanes of at least 4 members (excludes halogenated alkanes) is 2. The number of halogens is 1. The standard InChI is InChI=1S/C34H41ClN4O3/c1-6-7-14-30-38-32-29(21-28(23(2)36-32)37-31(40)15-10-11-20-35)39(30)22-24-16-18-25(19-17-24)26-12-8-9-13-27(26)33(41)42-34(3,4)5/h8-9,12-13,16-19,21H,6-7,10-11,14-15,20,22H2,1-5H3,(H,37,40). The summed E-state index contributed by atoms with van der Waals surface area (Å²) in [5, 5.41) is 3.04. The van der Waals surface area contributed by atoms with Crippen molar-refractivity contribution in [1.29, 1.82) is 0 Å². The zero-order valence-electron chi connectivity index (χ0n) is 25.3. The van der Waals surface area contributed by atoms with Crippen LogP contribution in [0.3, 0.4) is 0 Å². The van der Waals surface area contributed by atoms with E-state index in [1.54, 1.807) is 6.07 Å². The molecular weight excluding hydrogens is 548 g/mol. The third-order valence-corrected chi connectivity index (χ3v) is 7.25. The molecule has 0 spiro atoms. The van der Waals surface area contributed by atoms with Crippen molar-refractivity contribution in [3.63, 3.8) is 0 Å². The molecule has 7 nitrogen and oxygen atoms in total. The van der Waals surface area contributed by atoms with Gasteiger partial charge in [0, 0.05) is 25.3 Å². The Bertz CT molecular complexity index is 1540. The number of alkyl halides is 1. The zero-order chi connectivity index (χ0) is 30.3. The normalized spacial score (nSPS) is 11.6. The van der Waals surface area contributed by atoms with Crippen molar-refractivity contribution < 1.29 is 14.3 Å². The second-order valence-corrected chi connectivity index (χ2v) is 12.0. The number of nitrogens with one attached hydrogen (secondary N) is 1. The third kappa shape index (κ3) is 7.97. The molecule has 4 rings (SSSR count). The van der Waals surface area contributed by atoms with E-state index in [0.29, 0.717) is 35.7 Å². The Kier molecular flexibility index (Phi) is 10.4. The summed E-state index contributed by atoms with van der Waals surface area (Å²) in [6.45, 7) is 10.3. The second kappa shape index (κ2) is 14.0. The first-order valence-corrected chi connectivity index (χ1v) is 15.3. The van der Waals surface area contributed by atoms with Crippen molar-refractivity contribution in [3.05, 3.63) is 77.2 Å². The molecule has 0 bridgehead atoms. The molecule has 0 aliphatic heterocycles. The molecule has 0 fully saturated rings. The number of imidazole rings is 1. The quantitative estimate of drug-likeness (QED) is 0.103. The van der Waals surface area contributed by atoms with Gasteiger partial charge in [-0.3, -0.25) is 4.79 Å². The van der Waals surface area contributed by atoms with E-state index in [0.717, 1.165) is 65.8 Å². The summed E-state index contributed by atoms with van der Waals surface area (Å²) in [5.41, 5.74) is 5.86. The molecule has 1 amide bonds. The largest absolute Gasteiger partial charge is 0.456 e. The lowest BCUT2D eigenvalue weighted by atomic mass is 9.98. The smallest absolute Gasteiger partial charge is 0.339 e. The number of nitrogens with zero attached hydrogens (tertiary/aromatic N) is 3. The van der Waals surface area contributed by atoms with Gasteiger partial charge < -0.3 is 14.6 Å². The Morgan fingerprint density at radius 2 is 1.74 bits per heavy atom. The molecule has 0 atom stereocenters. The predicted molar refractivity (Wildman–Crippen MR) is 170 cm³/mol. The van der Waals surface area contributed by atoms with Crippen LogP contribution in [0, 0.1) is 6.92 Å². The minimum Gasteiger partial charge on any atom is -0.456 e. The lowest BCUT2D eigenvalue weighted by Crippen LogP contribution is -2.24. The van der Waals surface area contributed by atoms with E-state index in [-0.39, 0.29) is 11.9 Å². The van der Waals surface area contributed by atoms with Crippen LogP contribution in [0.2, 0.25) is 0 Å². The number of rotatable bonds is 12. The van der Waals surface area contributed by atoms with E-state index in [2.05, 4.69) is 28.9 Å². The first-order chi connectivity index (χ1) is 20.1. The van der Waals surface area contributed by atoms with Crippen molar-refractivity contribution in [2.45, 2.75) is 85.3 Å². The van der Waals surface area contributed by atoms with Gasteiger partial charge in [0.05, 0.1) is 22.5 Å². The van der Waals surface area contributed by atoms with Crippen LogP contribution < -0.4 is 5.32 Å². The number of amides is 1. The van der Waals surface area contributed by atoms with Gasteiger partial charge in [0.2, 0.25) is 5.91 Å². The van der Waals surface area contributed by atoms with Gasteiger partial charge in [-0.15, -0.1) is 11.6 Å². The molecule has 0 unspecified atom stereocenters. The van der Waals surface area contributed by atoms with Gasteiger partial charge in [-0.1, -0.05) is 55.8 Å². The van der Waals surface area contributed by atoms with E-state index in [1.807, 2.05) is 64.1 Å². The first-order valence-electron chi connectivity index (χ1n) is 14.7. The minimum atomic E-state index is -0.572. The minimum absolute atomic E-state index is 0.0381. The Hall–Kier alpha value is -3.71. The van der Waals surface area contributed by atoms with E-state index in [4.69, 9.17) is 26.3 Å². The molecule has 0 saturated carbocycles. The van der Waals surface area contributed by atoms with Gasteiger partial charge in [-0.05, 0) is 75.8 Å². The number of fused-ring (bicyclic) bond motifs is 1. The topological polar surface area (TPSA) is 86.1 Å². The number of pyridine rings is 1. The van der Waals surface area contributed by atoms with Gasteiger partial charge in [0.25, 0.3) is 0 Å². The average molecular weight is 589 g/mol. The monoisotopic (exact) mass is 588 g/mol. The van der Waals surface area contributed by atoms with Crippen molar-refractivity contribution in [2.24, 2.45) is 0 Å². The summed E-state index contributed by atoms with van der Waals surface area (Å²) in [6.07, 6.45) is 4.91. The molecule has 222 valence electrons. The summed E-state index contributed by atoms with van der Waals surface area (Å²) in [5.74, 6) is 1.15. The second-order valence-electron chi connectivity index (χ2n) is 11.6. The first kappa shape index (κ1) is 31.2. The maximum absolute atomic E-state index is 12.9. The SMILES string of the molecule is CCCCc1nc2nc(C)c(NC(=O)CCCCCl)cc2n1Cc1ccc(-c2ccccc2C(=O)OC(C)(C)C)cc1. The van der Waals surface area contributed by atoms with Crippen LogP contribution in [0.5, 0.6) is 0 Å². The Morgan fingerprint density at radius 1 is 1.00 bits per heavy atom. The van der Waals surface area contributed by atoms with Crippen LogP contribution >= 0.6 is 11.6 Å². The summed E-state index contributed by atoms with van der Waals surface area (Å²) >= 11 is 5.77. The predicted octanol–water partition coefficient (Wildman–Crippen LogP) is 8.10. The number of anilines is 1. The summed E-state index contributed by atoms with van der Waals surface area (Å²) in [6, 6.07) is 17.8. The van der Waals surface area contributed by atoms with Gasteiger partial charge >= 0.3 is 5.97 Å². The number of hydrogen-bond acceptors (Lipinski definition) is 5. The number of hydrogen-bond donors (Lipinski definition) is 1.